The SMILES string of the molecule is O=C(/C=C/C[C@H](OC(=O)Nc1ccc2c(c1)OCO2)c1cc(I)ccc1O)NO. The third-order valence-corrected chi connectivity index (χ3v) is 4.61. The molecule has 152 valence electrons. The van der Waals surface area contributed by atoms with Crippen molar-refractivity contribution < 1.29 is 34.1 Å². The third-order valence-electron chi connectivity index (χ3n) is 3.93. The molecule has 4 N–H and O–H groups in total. The highest BCUT2D eigenvalue weighted by Gasteiger charge is 2.21. The zero-order valence-corrected chi connectivity index (χ0v) is 17.1. The number of amides is 2. The average molecular weight is 512 g/mol. The first-order valence-corrected chi connectivity index (χ1v) is 9.50. The Kier molecular flexibility index (Phi) is 6.77. The topological polar surface area (TPSA) is 126 Å². The molecule has 1 aliphatic rings. The van der Waals surface area contributed by atoms with Crippen molar-refractivity contribution in [2.75, 3.05) is 12.1 Å². The molecule has 1 atom stereocenters. The molecule has 0 aliphatic carbocycles. The second-order valence-electron chi connectivity index (χ2n) is 5.90. The summed E-state index contributed by atoms with van der Waals surface area (Å²) in [5.74, 6) is 0.317. The van der Waals surface area contributed by atoms with E-state index in [1.807, 2.05) is 0 Å². The van der Waals surface area contributed by atoms with Crippen LogP contribution in [0.1, 0.15) is 18.1 Å². The summed E-state index contributed by atoms with van der Waals surface area (Å²) >= 11 is 2.07. The van der Waals surface area contributed by atoms with Crippen LogP contribution in [-0.4, -0.2) is 29.1 Å². The number of carbonyl (C=O) groups excluding carboxylic acids is 2. The van der Waals surface area contributed by atoms with E-state index >= 15 is 0 Å². The van der Waals surface area contributed by atoms with Gasteiger partial charge in [0, 0.05) is 33.4 Å². The Labute approximate surface area is 179 Å². The highest BCUT2D eigenvalue weighted by Crippen LogP contribution is 2.35. The summed E-state index contributed by atoms with van der Waals surface area (Å²) < 4.78 is 16.8. The van der Waals surface area contributed by atoms with Crippen LogP contribution in [0.4, 0.5) is 10.5 Å². The summed E-state index contributed by atoms with van der Waals surface area (Å²) in [7, 11) is 0. The standard InChI is InChI=1S/C19H17IN2O7/c20-11-4-6-14(23)13(8-11)15(2-1-3-18(24)22-26)29-19(25)21-12-5-7-16-17(9-12)28-10-27-16/h1,3-9,15,23,26H,2,10H2,(H,21,25)(H,22,24)/b3-1+/t15-/m0/s1. The van der Waals surface area contributed by atoms with Gasteiger partial charge in [0.05, 0.1) is 0 Å². The predicted octanol–water partition coefficient (Wildman–Crippen LogP) is 3.47. The second-order valence-corrected chi connectivity index (χ2v) is 7.15. The lowest BCUT2D eigenvalue weighted by atomic mass is 10.0. The molecule has 0 aromatic heterocycles. The Morgan fingerprint density at radius 1 is 1.21 bits per heavy atom. The Bertz CT molecular complexity index is 948. The first-order valence-electron chi connectivity index (χ1n) is 8.42. The van der Waals surface area contributed by atoms with E-state index in [2.05, 4.69) is 27.9 Å². The normalized spacial score (nSPS) is 13.2. The maximum Gasteiger partial charge on any atom is 0.412 e. The summed E-state index contributed by atoms with van der Waals surface area (Å²) in [5, 5.41) is 21.3. The van der Waals surface area contributed by atoms with E-state index in [4.69, 9.17) is 19.4 Å². The number of anilines is 1. The predicted molar refractivity (Wildman–Crippen MR) is 110 cm³/mol. The maximum atomic E-state index is 12.4. The van der Waals surface area contributed by atoms with Gasteiger partial charge in [0.15, 0.2) is 11.5 Å². The van der Waals surface area contributed by atoms with Crippen molar-refractivity contribution in [3.05, 3.63) is 57.7 Å². The van der Waals surface area contributed by atoms with E-state index in [0.29, 0.717) is 22.7 Å². The van der Waals surface area contributed by atoms with Crippen molar-refractivity contribution in [1.29, 1.82) is 0 Å². The van der Waals surface area contributed by atoms with Crippen LogP contribution in [0.25, 0.3) is 0 Å². The number of phenols is 1. The molecule has 0 saturated heterocycles. The Morgan fingerprint density at radius 2 is 2.00 bits per heavy atom. The fraction of sp³-hybridized carbons (Fsp3) is 0.158. The minimum absolute atomic E-state index is 0.0497. The Hall–Kier alpha value is -2.99. The fourth-order valence-electron chi connectivity index (χ4n) is 2.61. The summed E-state index contributed by atoms with van der Waals surface area (Å²) in [5.41, 5.74) is 2.30. The van der Waals surface area contributed by atoms with Crippen molar-refractivity contribution >= 4 is 40.3 Å². The van der Waals surface area contributed by atoms with Crippen LogP contribution in [0.5, 0.6) is 17.2 Å². The average Bonchev–Trinajstić information content (AvgIpc) is 3.16. The largest absolute Gasteiger partial charge is 0.508 e. The lowest BCUT2D eigenvalue weighted by Gasteiger charge is -2.19. The molecule has 9 nitrogen and oxygen atoms in total. The second kappa shape index (κ2) is 9.47. The molecule has 2 aromatic carbocycles. The molecule has 2 amide bonds. The van der Waals surface area contributed by atoms with E-state index in [1.165, 1.54) is 17.6 Å². The van der Waals surface area contributed by atoms with E-state index in [-0.39, 0.29) is 19.0 Å². The minimum Gasteiger partial charge on any atom is -0.508 e. The number of ether oxygens (including phenoxy) is 3. The van der Waals surface area contributed by atoms with Crippen LogP contribution in [0.3, 0.4) is 0 Å². The van der Waals surface area contributed by atoms with Crippen LogP contribution in [0.2, 0.25) is 0 Å². The van der Waals surface area contributed by atoms with Gasteiger partial charge in [-0.25, -0.2) is 10.3 Å². The minimum atomic E-state index is -0.874. The fourth-order valence-corrected chi connectivity index (χ4v) is 3.12. The molecule has 10 heteroatoms. The van der Waals surface area contributed by atoms with Gasteiger partial charge in [-0.05, 0) is 52.9 Å². The third kappa shape index (κ3) is 5.51. The molecule has 0 unspecified atom stereocenters. The van der Waals surface area contributed by atoms with E-state index in [0.717, 1.165) is 9.65 Å². The van der Waals surface area contributed by atoms with E-state index in [1.54, 1.807) is 30.3 Å². The molecule has 0 radical (unpaired) electrons. The van der Waals surface area contributed by atoms with Gasteiger partial charge in [-0.1, -0.05) is 6.08 Å². The Morgan fingerprint density at radius 3 is 2.79 bits per heavy atom. The zero-order chi connectivity index (χ0) is 20.8. The number of halogens is 1. The van der Waals surface area contributed by atoms with E-state index in [9.17, 15) is 14.7 Å². The molecule has 0 saturated carbocycles. The summed E-state index contributed by atoms with van der Waals surface area (Å²) in [6, 6.07) is 9.78. The number of hydroxylamine groups is 1. The summed E-state index contributed by atoms with van der Waals surface area (Å²) in [6.45, 7) is 0.116. The Balaban J connectivity index is 1.74. The molecule has 0 bridgehead atoms. The van der Waals surface area contributed by atoms with Crippen molar-refractivity contribution in [3.8, 4) is 17.2 Å². The lowest BCUT2D eigenvalue weighted by Crippen LogP contribution is -2.18. The summed E-state index contributed by atoms with van der Waals surface area (Å²) in [4.78, 5) is 23.6. The molecule has 3 rings (SSSR count). The van der Waals surface area contributed by atoms with Gasteiger partial charge >= 0.3 is 6.09 Å². The van der Waals surface area contributed by atoms with Gasteiger partial charge < -0.3 is 19.3 Å². The van der Waals surface area contributed by atoms with Gasteiger partial charge in [0.25, 0.3) is 5.91 Å². The molecular weight excluding hydrogens is 495 g/mol. The number of hydrogen-bond acceptors (Lipinski definition) is 7. The monoisotopic (exact) mass is 512 g/mol. The molecule has 1 aliphatic heterocycles. The number of hydrogen-bond donors (Lipinski definition) is 4. The molecule has 2 aromatic rings. The molecule has 29 heavy (non-hydrogen) atoms. The molecule has 0 fully saturated rings. The number of benzene rings is 2. The van der Waals surface area contributed by atoms with Crippen LogP contribution < -0.4 is 20.3 Å². The summed E-state index contributed by atoms with van der Waals surface area (Å²) in [6.07, 6.45) is 0.976. The number of rotatable bonds is 6. The highest BCUT2D eigenvalue weighted by atomic mass is 127. The lowest BCUT2D eigenvalue weighted by molar-refractivity contribution is -0.124. The van der Waals surface area contributed by atoms with Gasteiger partial charge in [-0.2, -0.15) is 0 Å². The van der Waals surface area contributed by atoms with Crippen molar-refractivity contribution in [2.45, 2.75) is 12.5 Å². The van der Waals surface area contributed by atoms with Gasteiger partial charge in [0.2, 0.25) is 6.79 Å². The zero-order valence-electron chi connectivity index (χ0n) is 14.9. The number of carbonyl (C=O) groups is 2. The van der Waals surface area contributed by atoms with Crippen molar-refractivity contribution in [3.63, 3.8) is 0 Å². The van der Waals surface area contributed by atoms with Gasteiger partial charge in [-0.15, -0.1) is 0 Å². The molecular formula is C19H17IN2O7. The maximum absolute atomic E-state index is 12.4. The first-order chi connectivity index (χ1) is 14.0. The highest BCUT2D eigenvalue weighted by molar-refractivity contribution is 14.1. The number of fused-ring (bicyclic) bond motifs is 1. The molecule has 0 spiro atoms. The van der Waals surface area contributed by atoms with Crippen LogP contribution >= 0.6 is 22.6 Å². The number of aromatic hydroxyl groups is 1. The smallest absolute Gasteiger partial charge is 0.412 e. The number of nitrogens with one attached hydrogen (secondary N) is 2. The van der Waals surface area contributed by atoms with Gasteiger partial charge in [0.1, 0.15) is 11.9 Å². The van der Waals surface area contributed by atoms with Crippen molar-refractivity contribution in [1.82, 2.24) is 5.48 Å². The number of phenolic OH excluding ortho intramolecular Hbond substituents is 1. The van der Waals surface area contributed by atoms with Crippen LogP contribution in [-0.2, 0) is 9.53 Å². The first kappa shape index (κ1) is 20.7. The van der Waals surface area contributed by atoms with Gasteiger partial charge in [-0.3, -0.25) is 15.3 Å². The molecule has 1 heterocycles. The van der Waals surface area contributed by atoms with Crippen LogP contribution in [0, 0.1) is 3.57 Å². The quantitative estimate of drug-likeness (QED) is 0.202. The van der Waals surface area contributed by atoms with Crippen molar-refractivity contribution in [2.24, 2.45) is 0 Å². The van der Waals surface area contributed by atoms with E-state index < -0.39 is 18.1 Å². The van der Waals surface area contributed by atoms with Crippen LogP contribution in [0.15, 0.2) is 48.6 Å².